The zero-order valence-electron chi connectivity index (χ0n) is 13.9. The van der Waals surface area contributed by atoms with Crippen molar-refractivity contribution in [3.05, 3.63) is 0 Å². The van der Waals surface area contributed by atoms with E-state index in [-0.39, 0.29) is 0 Å². The monoisotopic (exact) mass is 292 g/mol. The standard InChI is InChI=1S/C18H32N2O/c1-14-5-8-16(21-14)11-20-13-17(2,15-6-7-15)19-12-18(20)9-3-4-10-18/h14-16,19H,3-13H2,1-2H3. The lowest BCUT2D eigenvalue weighted by molar-refractivity contribution is -0.0397. The summed E-state index contributed by atoms with van der Waals surface area (Å²) in [6, 6.07) is 0. The molecule has 4 rings (SSSR count). The average molecular weight is 292 g/mol. The minimum absolute atomic E-state index is 0.359. The molecule has 0 aromatic carbocycles. The van der Waals surface area contributed by atoms with Crippen molar-refractivity contribution >= 4 is 0 Å². The normalized spacial score (nSPS) is 43.7. The summed E-state index contributed by atoms with van der Waals surface area (Å²) in [5, 5.41) is 3.97. The zero-order chi connectivity index (χ0) is 14.5. The maximum Gasteiger partial charge on any atom is 0.0706 e. The Labute approximate surface area is 129 Å². The van der Waals surface area contributed by atoms with E-state index in [1.54, 1.807) is 0 Å². The van der Waals surface area contributed by atoms with Crippen LogP contribution in [0.15, 0.2) is 0 Å². The fourth-order valence-electron chi connectivity index (χ4n) is 5.14. The van der Waals surface area contributed by atoms with Crippen LogP contribution in [-0.2, 0) is 4.74 Å². The van der Waals surface area contributed by atoms with Gasteiger partial charge >= 0.3 is 0 Å². The molecule has 3 nitrogen and oxygen atoms in total. The molecule has 0 amide bonds. The van der Waals surface area contributed by atoms with Gasteiger partial charge in [-0.1, -0.05) is 12.8 Å². The molecule has 2 saturated heterocycles. The molecule has 3 heteroatoms. The predicted octanol–water partition coefficient (Wildman–Crippen LogP) is 2.94. The summed E-state index contributed by atoms with van der Waals surface area (Å²) in [4.78, 5) is 2.86. The Kier molecular flexibility index (Phi) is 3.59. The Bertz CT molecular complexity index is 389. The van der Waals surface area contributed by atoms with E-state index in [0.717, 1.165) is 5.92 Å². The summed E-state index contributed by atoms with van der Waals surface area (Å²) in [7, 11) is 0. The Hall–Kier alpha value is -0.120. The molecule has 2 heterocycles. The van der Waals surface area contributed by atoms with Crippen molar-refractivity contribution in [1.29, 1.82) is 0 Å². The summed E-state index contributed by atoms with van der Waals surface area (Å²) in [5.41, 5.74) is 0.807. The highest BCUT2D eigenvalue weighted by Gasteiger charge is 2.52. The summed E-state index contributed by atoms with van der Waals surface area (Å²) in [5.74, 6) is 0.919. The van der Waals surface area contributed by atoms with Gasteiger partial charge in [-0.05, 0) is 58.3 Å². The van der Waals surface area contributed by atoms with Crippen LogP contribution in [-0.4, -0.2) is 47.8 Å². The van der Waals surface area contributed by atoms with Crippen molar-refractivity contribution in [1.82, 2.24) is 10.2 Å². The molecule has 21 heavy (non-hydrogen) atoms. The molecular formula is C18H32N2O. The van der Waals surface area contributed by atoms with Gasteiger partial charge in [0.15, 0.2) is 0 Å². The number of nitrogens with one attached hydrogen (secondary N) is 1. The molecule has 2 saturated carbocycles. The summed E-state index contributed by atoms with van der Waals surface area (Å²) >= 11 is 0. The minimum atomic E-state index is 0.359. The van der Waals surface area contributed by atoms with Crippen LogP contribution in [0.25, 0.3) is 0 Å². The SMILES string of the molecule is CC1CCC(CN2CC(C)(C3CC3)NCC23CCCC3)O1. The van der Waals surface area contributed by atoms with Crippen LogP contribution in [0.2, 0.25) is 0 Å². The molecule has 1 spiro atoms. The number of piperazine rings is 1. The first-order chi connectivity index (χ1) is 10.1. The van der Waals surface area contributed by atoms with Gasteiger partial charge in [-0.2, -0.15) is 0 Å². The van der Waals surface area contributed by atoms with Crippen molar-refractivity contribution in [2.45, 2.75) is 88.5 Å². The van der Waals surface area contributed by atoms with Gasteiger partial charge in [0.05, 0.1) is 12.2 Å². The first-order valence-corrected chi connectivity index (χ1v) is 9.25. The third-order valence-electron chi connectivity index (χ3n) is 6.77. The van der Waals surface area contributed by atoms with Gasteiger partial charge in [-0.25, -0.2) is 0 Å². The molecule has 4 fully saturated rings. The van der Waals surface area contributed by atoms with Gasteiger partial charge < -0.3 is 10.1 Å². The maximum absolute atomic E-state index is 6.15. The predicted molar refractivity (Wildman–Crippen MR) is 85.5 cm³/mol. The van der Waals surface area contributed by atoms with Crippen molar-refractivity contribution in [2.24, 2.45) is 5.92 Å². The molecular weight excluding hydrogens is 260 g/mol. The van der Waals surface area contributed by atoms with Gasteiger partial charge in [0, 0.05) is 30.7 Å². The lowest BCUT2D eigenvalue weighted by atomic mass is 9.83. The number of hydrogen-bond donors (Lipinski definition) is 1. The highest BCUT2D eigenvalue weighted by molar-refractivity contribution is 5.10. The van der Waals surface area contributed by atoms with Crippen molar-refractivity contribution in [3.63, 3.8) is 0 Å². The molecule has 4 aliphatic rings. The molecule has 0 aromatic heterocycles. The van der Waals surface area contributed by atoms with Gasteiger partial charge in [-0.3, -0.25) is 4.90 Å². The molecule has 2 aliphatic heterocycles. The third kappa shape index (κ3) is 2.66. The van der Waals surface area contributed by atoms with Crippen LogP contribution in [0.4, 0.5) is 0 Å². The van der Waals surface area contributed by atoms with E-state index >= 15 is 0 Å². The number of rotatable bonds is 3. The van der Waals surface area contributed by atoms with E-state index in [1.165, 1.54) is 71.0 Å². The smallest absolute Gasteiger partial charge is 0.0706 e. The van der Waals surface area contributed by atoms with Crippen LogP contribution in [0.5, 0.6) is 0 Å². The summed E-state index contributed by atoms with van der Waals surface area (Å²) in [6.45, 7) is 8.33. The first-order valence-electron chi connectivity index (χ1n) is 9.25. The first kappa shape index (κ1) is 14.5. The molecule has 0 bridgehead atoms. The fourth-order valence-corrected chi connectivity index (χ4v) is 5.14. The quantitative estimate of drug-likeness (QED) is 0.865. The van der Waals surface area contributed by atoms with E-state index in [1.807, 2.05) is 0 Å². The van der Waals surface area contributed by atoms with Crippen LogP contribution in [0.3, 0.4) is 0 Å². The lowest BCUT2D eigenvalue weighted by Crippen LogP contribution is -2.69. The highest BCUT2D eigenvalue weighted by Crippen LogP contribution is 2.46. The average Bonchev–Trinajstić information content (AvgIpc) is 3.10. The molecule has 120 valence electrons. The van der Waals surface area contributed by atoms with Crippen molar-refractivity contribution < 1.29 is 4.74 Å². The zero-order valence-corrected chi connectivity index (χ0v) is 13.9. The van der Waals surface area contributed by atoms with Gasteiger partial charge in [-0.15, -0.1) is 0 Å². The van der Waals surface area contributed by atoms with Crippen molar-refractivity contribution in [3.8, 4) is 0 Å². The summed E-state index contributed by atoms with van der Waals surface area (Å²) in [6.07, 6.45) is 12.0. The van der Waals surface area contributed by atoms with E-state index in [2.05, 4.69) is 24.1 Å². The van der Waals surface area contributed by atoms with Crippen LogP contribution in [0, 0.1) is 5.92 Å². The topological polar surface area (TPSA) is 24.5 Å². The molecule has 0 radical (unpaired) electrons. The van der Waals surface area contributed by atoms with Crippen molar-refractivity contribution in [2.75, 3.05) is 19.6 Å². The number of nitrogens with zero attached hydrogens (tertiary/aromatic N) is 1. The van der Waals surface area contributed by atoms with Gasteiger partial charge in [0.1, 0.15) is 0 Å². The Morgan fingerprint density at radius 2 is 1.90 bits per heavy atom. The second-order valence-corrected chi connectivity index (χ2v) is 8.50. The van der Waals surface area contributed by atoms with Crippen LogP contribution in [0.1, 0.15) is 65.2 Å². The van der Waals surface area contributed by atoms with E-state index in [0.29, 0.717) is 23.3 Å². The Morgan fingerprint density at radius 1 is 1.14 bits per heavy atom. The van der Waals surface area contributed by atoms with Gasteiger partial charge in [0.25, 0.3) is 0 Å². The second-order valence-electron chi connectivity index (χ2n) is 8.50. The number of ether oxygens (including phenoxy) is 1. The van der Waals surface area contributed by atoms with Crippen LogP contribution >= 0.6 is 0 Å². The van der Waals surface area contributed by atoms with E-state index in [9.17, 15) is 0 Å². The van der Waals surface area contributed by atoms with E-state index < -0.39 is 0 Å². The lowest BCUT2D eigenvalue weighted by Gasteiger charge is -2.53. The molecule has 1 N–H and O–H groups in total. The van der Waals surface area contributed by atoms with Crippen LogP contribution < -0.4 is 5.32 Å². The Balaban J connectivity index is 1.49. The molecule has 0 aromatic rings. The Morgan fingerprint density at radius 3 is 2.52 bits per heavy atom. The maximum atomic E-state index is 6.15. The third-order valence-corrected chi connectivity index (χ3v) is 6.77. The highest BCUT2D eigenvalue weighted by atomic mass is 16.5. The molecule has 2 aliphatic carbocycles. The van der Waals surface area contributed by atoms with E-state index in [4.69, 9.17) is 4.74 Å². The fraction of sp³-hybridized carbons (Fsp3) is 1.00. The molecule has 3 atom stereocenters. The van der Waals surface area contributed by atoms with Gasteiger partial charge in [0.2, 0.25) is 0 Å². The number of hydrogen-bond acceptors (Lipinski definition) is 3. The second kappa shape index (κ2) is 5.21. The minimum Gasteiger partial charge on any atom is -0.374 e. The summed E-state index contributed by atoms with van der Waals surface area (Å²) < 4.78 is 6.15. The molecule has 3 unspecified atom stereocenters. The largest absolute Gasteiger partial charge is 0.374 e.